The summed E-state index contributed by atoms with van der Waals surface area (Å²) in [5.74, 6) is 2.01. The van der Waals surface area contributed by atoms with Crippen LogP contribution in [0.15, 0.2) is 18.3 Å². The molecule has 1 aromatic rings. The number of thioether (sulfide) groups is 1. The van der Waals surface area contributed by atoms with Crippen LogP contribution in [0.2, 0.25) is 0 Å². The lowest BCUT2D eigenvalue weighted by Gasteiger charge is -2.22. The monoisotopic (exact) mass is 247 g/mol. The Morgan fingerprint density at radius 1 is 1.59 bits per heavy atom. The minimum Gasteiger partial charge on any atom is -0.347 e. The summed E-state index contributed by atoms with van der Waals surface area (Å²) in [6.07, 6.45) is 3.61. The number of hydrogen-bond donors (Lipinski definition) is 1. The van der Waals surface area contributed by atoms with Crippen molar-refractivity contribution in [3.05, 3.63) is 29.6 Å². The lowest BCUT2D eigenvalue weighted by atomic mass is 10.2. The normalized spacial score (nSPS) is 19.4. The van der Waals surface area contributed by atoms with E-state index in [1.807, 2.05) is 17.8 Å². The highest BCUT2D eigenvalue weighted by molar-refractivity contribution is 7.99. The molecule has 88 valence electrons. The summed E-state index contributed by atoms with van der Waals surface area (Å²) in [5, 5.41) is 11.6. The first kappa shape index (κ1) is 11.9. The summed E-state index contributed by atoms with van der Waals surface area (Å²) in [4.78, 5) is 15.8. The van der Waals surface area contributed by atoms with E-state index >= 15 is 0 Å². The highest BCUT2D eigenvalue weighted by Gasteiger charge is 2.17. The molecule has 1 atom stereocenters. The van der Waals surface area contributed by atoms with E-state index in [1.165, 1.54) is 11.9 Å². The van der Waals surface area contributed by atoms with Gasteiger partial charge in [0.25, 0.3) is 5.91 Å². The average Bonchev–Trinajstić information content (AvgIpc) is 2.40. The Morgan fingerprint density at radius 2 is 2.47 bits per heavy atom. The molecule has 1 aliphatic heterocycles. The maximum Gasteiger partial charge on any atom is 0.270 e. The molecule has 2 rings (SSSR count). The summed E-state index contributed by atoms with van der Waals surface area (Å²) >= 11 is 1.87. The Balaban J connectivity index is 1.96. The van der Waals surface area contributed by atoms with Gasteiger partial charge in [-0.05, 0) is 30.7 Å². The second-order valence-corrected chi connectivity index (χ2v) is 5.08. The first-order valence-electron chi connectivity index (χ1n) is 5.54. The summed E-state index contributed by atoms with van der Waals surface area (Å²) in [7, 11) is 0. The zero-order valence-corrected chi connectivity index (χ0v) is 10.2. The lowest BCUT2D eigenvalue weighted by Crippen LogP contribution is -2.38. The van der Waals surface area contributed by atoms with Gasteiger partial charge in [0.2, 0.25) is 0 Å². The van der Waals surface area contributed by atoms with E-state index in [0.717, 1.165) is 18.6 Å². The zero-order valence-electron chi connectivity index (χ0n) is 9.35. The molecule has 0 aromatic carbocycles. The molecule has 0 radical (unpaired) electrons. The van der Waals surface area contributed by atoms with Gasteiger partial charge in [-0.25, -0.2) is 4.98 Å². The van der Waals surface area contributed by atoms with E-state index in [9.17, 15) is 4.79 Å². The van der Waals surface area contributed by atoms with Gasteiger partial charge >= 0.3 is 0 Å². The van der Waals surface area contributed by atoms with Gasteiger partial charge in [-0.2, -0.15) is 17.0 Å². The van der Waals surface area contributed by atoms with Crippen molar-refractivity contribution < 1.29 is 4.79 Å². The molecule has 1 unspecified atom stereocenters. The largest absolute Gasteiger partial charge is 0.347 e. The van der Waals surface area contributed by atoms with E-state index in [4.69, 9.17) is 5.26 Å². The molecule has 0 aliphatic carbocycles. The molecule has 1 fully saturated rings. The van der Waals surface area contributed by atoms with Gasteiger partial charge < -0.3 is 5.32 Å². The number of hydrogen-bond acceptors (Lipinski definition) is 4. The van der Waals surface area contributed by atoms with Gasteiger partial charge in [0, 0.05) is 18.0 Å². The van der Waals surface area contributed by atoms with Crippen molar-refractivity contribution >= 4 is 17.7 Å². The topological polar surface area (TPSA) is 65.8 Å². The van der Waals surface area contributed by atoms with Gasteiger partial charge in [-0.15, -0.1) is 0 Å². The Kier molecular flexibility index (Phi) is 3.99. The van der Waals surface area contributed by atoms with Crippen molar-refractivity contribution in [3.63, 3.8) is 0 Å². The Hall–Kier alpha value is -1.54. The molecule has 1 aromatic heterocycles. The summed E-state index contributed by atoms with van der Waals surface area (Å²) in [6.45, 7) is 0. The fourth-order valence-electron chi connectivity index (χ4n) is 1.71. The maximum atomic E-state index is 11.8. The zero-order chi connectivity index (χ0) is 12.1. The van der Waals surface area contributed by atoms with Gasteiger partial charge in [-0.1, -0.05) is 0 Å². The third-order valence-electron chi connectivity index (χ3n) is 2.62. The van der Waals surface area contributed by atoms with Crippen LogP contribution in [0.4, 0.5) is 0 Å². The molecule has 4 nitrogen and oxygen atoms in total. The van der Waals surface area contributed by atoms with Crippen LogP contribution in [0.3, 0.4) is 0 Å². The van der Waals surface area contributed by atoms with Crippen LogP contribution < -0.4 is 5.32 Å². The summed E-state index contributed by atoms with van der Waals surface area (Å²) in [5.41, 5.74) is 0.842. The molecule has 0 bridgehead atoms. The van der Waals surface area contributed by atoms with Gasteiger partial charge in [0.1, 0.15) is 11.8 Å². The molecule has 2 heterocycles. The smallest absolute Gasteiger partial charge is 0.270 e. The minimum atomic E-state index is -0.151. The quantitative estimate of drug-likeness (QED) is 0.861. The average molecular weight is 247 g/mol. The van der Waals surface area contributed by atoms with Crippen molar-refractivity contribution in [2.24, 2.45) is 0 Å². The van der Waals surface area contributed by atoms with Crippen LogP contribution in [0, 0.1) is 11.3 Å². The number of carbonyl (C=O) groups is 1. The first-order chi connectivity index (χ1) is 8.29. The minimum absolute atomic E-state index is 0.151. The maximum absolute atomic E-state index is 11.8. The highest BCUT2D eigenvalue weighted by atomic mass is 32.2. The summed E-state index contributed by atoms with van der Waals surface area (Å²) in [6, 6.07) is 5.42. The number of amides is 1. The predicted molar refractivity (Wildman–Crippen MR) is 66.8 cm³/mol. The van der Waals surface area contributed by atoms with Crippen molar-refractivity contribution in [3.8, 4) is 6.07 Å². The van der Waals surface area contributed by atoms with Gasteiger partial charge in [-0.3, -0.25) is 4.79 Å². The molecule has 1 saturated heterocycles. The fourth-order valence-corrected chi connectivity index (χ4v) is 2.78. The fraction of sp³-hybridized carbons (Fsp3) is 0.417. The van der Waals surface area contributed by atoms with Crippen LogP contribution in [-0.4, -0.2) is 28.4 Å². The molecule has 1 aliphatic rings. The van der Waals surface area contributed by atoms with Crippen LogP contribution >= 0.6 is 11.8 Å². The van der Waals surface area contributed by atoms with Crippen molar-refractivity contribution in [2.75, 3.05) is 11.5 Å². The molecular formula is C12H13N3OS. The van der Waals surface area contributed by atoms with Crippen LogP contribution in [0.1, 0.15) is 28.9 Å². The number of nitrogens with one attached hydrogen (secondary N) is 1. The van der Waals surface area contributed by atoms with E-state index in [-0.39, 0.29) is 11.9 Å². The predicted octanol–water partition coefficient (Wildman–Crippen LogP) is 1.58. The Morgan fingerprint density at radius 3 is 3.06 bits per heavy atom. The number of nitrogens with zero attached hydrogens (tertiary/aromatic N) is 2. The second-order valence-electron chi connectivity index (χ2n) is 3.93. The molecule has 1 N–H and O–H groups in total. The second kappa shape index (κ2) is 5.69. The Labute approximate surface area is 104 Å². The molecule has 0 saturated carbocycles. The van der Waals surface area contributed by atoms with Crippen molar-refractivity contribution in [1.82, 2.24) is 10.3 Å². The SMILES string of the molecule is N#Cc1ccc(C(=O)NC2CCCSC2)nc1. The van der Waals surface area contributed by atoms with Crippen LogP contribution in [-0.2, 0) is 0 Å². The number of rotatable bonds is 2. The first-order valence-corrected chi connectivity index (χ1v) is 6.70. The van der Waals surface area contributed by atoms with E-state index in [1.54, 1.807) is 12.1 Å². The molecule has 17 heavy (non-hydrogen) atoms. The van der Waals surface area contributed by atoms with Crippen LogP contribution in [0.25, 0.3) is 0 Å². The lowest BCUT2D eigenvalue weighted by molar-refractivity contribution is 0.0933. The number of aromatic nitrogens is 1. The molecule has 5 heteroatoms. The molecular weight excluding hydrogens is 234 g/mol. The van der Waals surface area contributed by atoms with E-state index < -0.39 is 0 Å². The van der Waals surface area contributed by atoms with Crippen molar-refractivity contribution in [2.45, 2.75) is 18.9 Å². The van der Waals surface area contributed by atoms with Gasteiger partial charge in [0.05, 0.1) is 5.56 Å². The third kappa shape index (κ3) is 3.21. The van der Waals surface area contributed by atoms with Gasteiger partial charge in [0.15, 0.2) is 0 Å². The highest BCUT2D eigenvalue weighted by Crippen LogP contribution is 2.17. The van der Waals surface area contributed by atoms with Crippen LogP contribution in [0.5, 0.6) is 0 Å². The van der Waals surface area contributed by atoms with E-state index in [2.05, 4.69) is 10.3 Å². The van der Waals surface area contributed by atoms with E-state index in [0.29, 0.717) is 11.3 Å². The molecule has 1 amide bonds. The third-order valence-corrected chi connectivity index (χ3v) is 3.84. The number of pyridine rings is 1. The summed E-state index contributed by atoms with van der Waals surface area (Å²) < 4.78 is 0. The van der Waals surface area contributed by atoms with Crippen molar-refractivity contribution in [1.29, 1.82) is 5.26 Å². The number of nitriles is 1. The molecule has 0 spiro atoms. The Bertz CT molecular complexity index is 432. The standard InChI is InChI=1S/C12H13N3OS/c13-6-9-3-4-11(14-7-9)12(16)15-10-2-1-5-17-8-10/h3-4,7,10H,1-2,5,8H2,(H,15,16). The number of carbonyl (C=O) groups excluding carboxylic acids is 1.